The molecule has 0 saturated heterocycles. The van der Waals surface area contributed by atoms with Gasteiger partial charge in [0.2, 0.25) is 5.91 Å². The third kappa shape index (κ3) is 4.13. The summed E-state index contributed by atoms with van der Waals surface area (Å²) in [5.74, 6) is 0.875. The molecule has 0 saturated carbocycles. The molecule has 1 atom stereocenters. The summed E-state index contributed by atoms with van der Waals surface area (Å²) in [4.78, 5) is 12.2. The van der Waals surface area contributed by atoms with E-state index in [0.717, 1.165) is 30.6 Å². The molecule has 0 heterocycles. The highest BCUT2D eigenvalue weighted by molar-refractivity contribution is 5.76. The molecule has 1 aliphatic rings. The lowest BCUT2D eigenvalue weighted by Gasteiger charge is -2.26. The lowest BCUT2D eigenvalue weighted by molar-refractivity contribution is -0.122. The molecule has 2 aromatic carbocycles. The van der Waals surface area contributed by atoms with Crippen LogP contribution < -0.4 is 10.1 Å². The van der Waals surface area contributed by atoms with Gasteiger partial charge in [-0.15, -0.1) is 0 Å². The van der Waals surface area contributed by atoms with Crippen molar-refractivity contribution < 1.29 is 9.53 Å². The first-order valence-corrected chi connectivity index (χ1v) is 8.29. The maximum absolute atomic E-state index is 12.2. The zero-order chi connectivity index (χ0) is 16.1. The van der Waals surface area contributed by atoms with Gasteiger partial charge in [-0.05, 0) is 55.0 Å². The van der Waals surface area contributed by atoms with Gasteiger partial charge in [-0.3, -0.25) is 4.79 Å². The zero-order valence-electron chi connectivity index (χ0n) is 13.5. The first kappa shape index (κ1) is 15.6. The molecule has 3 nitrogen and oxygen atoms in total. The van der Waals surface area contributed by atoms with Crippen LogP contribution in [0.15, 0.2) is 48.5 Å². The molecule has 120 valence electrons. The van der Waals surface area contributed by atoms with Crippen molar-refractivity contribution in [2.24, 2.45) is 0 Å². The number of aryl methyl sites for hydroxylation is 2. The van der Waals surface area contributed by atoms with Crippen LogP contribution in [0.1, 0.15) is 42.0 Å². The van der Waals surface area contributed by atoms with Crippen LogP contribution in [0.4, 0.5) is 0 Å². The second-order valence-electron chi connectivity index (χ2n) is 6.13. The Morgan fingerprint density at radius 2 is 2.09 bits per heavy atom. The van der Waals surface area contributed by atoms with Crippen LogP contribution >= 0.6 is 0 Å². The van der Waals surface area contributed by atoms with Gasteiger partial charge in [-0.2, -0.15) is 0 Å². The van der Waals surface area contributed by atoms with E-state index in [4.69, 9.17) is 4.74 Å². The highest BCUT2D eigenvalue weighted by Crippen LogP contribution is 2.29. The summed E-state index contributed by atoms with van der Waals surface area (Å²) in [5.41, 5.74) is 3.79. The Morgan fingerprint density at radius 3 is 2.96 bits per heavy atom. The highest BCUT2D eigenvalue weighted by atomic mass is 16.5. The zero-order valence-corrected chi connectivity index (χ0v) is 13.5. The van der Waals surface area contributed by atoms with E-state index in [2.05, 4.69) is 23.5 Å². The average molecular weight is 309 g/mol. The topological polar surface area (TPSA) is 38.3 Å². The number of amides is 1. The van der Waals surface area contributed by atoms with Crippen LogP contribution in [0.3, 0.4) is 0 Å². The normalized spacial score (nSPS) is 16.5. The molecular weight excluding hydrogens is 286 g/mol. The van der Waals surface area contributed by atoms with Crippen LogP contribution in [0.2, 0.25) is 0 Å². The Labute approximate surface area is 137 Å². The molecule has 1 aliphatic carbocycles. The number of hydrogen-bond donors (Lipinski definition) is 1. The summed E-state index contributed by atoms with van der Waals surface area (Å²) >= 11 is 0. The molecule has 23 heavy (non-hydrogen) atoms. The number of carbonyl (C=O) groups is 1. The number of hydrogen-bond acceptors (Lipinski definition) is 2. The standard InChI is InChI=1S/C20H23NO2/c1-15-6-4-9-17(14-15)23-13-12-20(22)21-19-11-5-8-16-7-2-3-10-18(16)19/h2-4,6-7,9-10,14,19H,5,8,11-13H2,1H3,(H,21,22)/t19-/m1/s1. The predicted octanol–water partition coefficient (Wildman–Crippen LogP) is 3.96. The second-order valence-corrected chi connectivity index (χ2v) is 6.13. The van der Waals surface area contributed by atoms with Gasteiger partial charge in [0, 0.05) is 0 Å². The fourth-order valence-corrected chi connectivity index (χ4v) is 3.14. The predicted molar refractivity (Wildman–Crippen MR) is 91.6 cm³/mol. The molecule has 0 radical (unpaired) electrons. The summed E-state index contributed by atoms with van der Waals surface area (Å²) < 4.78 is 5.66. The Kier molecular flexibility index (Phi) is 4.96. The molecule has 0 bridgehead atoms. The van der Waals surface area contributed by atoms with Crippen molar-refractivity contribution in [1.82, 2.24) is 5.32 Å². The van der Waals surface area contributed by atoms with Gasteiger partial charge < -0.3 is 10.1 Å². The molecule has 3 rings (SSSR count). The summed E-state index contributed by atoms with van der Waals surface area (Å²) in [7, 11) is 0. The van der Waals surface area contributed by atoms with Gasteiger partial charge in [-0.1, -0.05) is 36.4 Å². The van der Waals surface area contributed by atoms with E-state index in [9.17, 15) is 4.79 Å². The lowest BCUT2D eigenvalue weighted by atomic mass is 9.88. The van der Waals surface area contributed by atoms with Gasteiger partial charge in [0.25, 0.3) is 0 Å². The van der Waals surface area contributed by atoms with E-state index in [1.807, 2.05) is 37.3 Å². The Bertz CT molecular complexity index is 681. The maximum Gasteiger partial charge on any atom is 0.223 e. The van der Waals surface area contributed by atoms with E-state index in [1.165, 1.54) is 11.1 Å². The van der Waals surface area contributed by atoms with Gasteiger partial charge >= 0.3 is 0 Å². The summed E-state index contributed by atoms with van der Waals surface area (Å²) in [6.45, 7) is 2.43. The maximum atomic E-state index is 12.2. The van der Waals surface area contributed by atoms with Gasteiger partial charge in [-0.25, -0.2) is 0 Å². The van der Waals surface area contributed by atoms with Gasteiger partial charge in [0.15, 0.2) is 0 Å². The number of carbonyl (C=O) groups excluding carboxylic acids is 1. The van der Waals surface area contributed by atoms with Gasteiger partial charge in [0.1, 0.15) is 5.75 Å². The molecule has 0 aromatic heterocycles. The SMILES string of the molecule is Cc1cccc(OCCC(=O)N[C@@H]2CCCc3ccccc32)c1. The van der Waals surface area contributed by atoms with Gasteiger partial charge in [0.05, 0.1) is 19.1 Å². The third-order valence-corrected chi connectivity index (χ3v) is 4.29. The van der Waals surface area contributed by atoms with Crippen molar-refractivity contribution in [1.29, 1.82) is 0 Å². The fraction of sp³-hybridized carbons (Fsp3) is 0.350. The summed E-state index contributed by atoms with van der Waals surface area (Å²) in [5, 5.41) is 3.15. The number of fused-ring (bicyclic) bond motifs is 1. The number of rotatable bonds is 5. The second kappa shape index (κ2) is 7.32. The smallest absolute Gasteiger partial charge is 0.223 e. The van der Waals surface area contributed by atoms with Crippen LogP contribution in [0.5, 0.6) is 5.75 Å². The van der Waals surface area contributed by atoms with E-state index in [-0.39, 0.29) is 11.9 Å². The molecule has 1 N–H and O–H groups in total. The quantitative estimate of drug-likeness (QED) is 0.908. The number of benzene rings is 2. The average Bonchev–Trinajstić information content (AvgIpc) is 2.55. The fourth-order valence-electron chi connectivity index (χ4n) is 3.14. The molecule has 0 unspecified atom stereocenters. The summed E-state index contributed by atoms with van der Waals surface area (Å²) in [6.07, 6.45) is 3.63. The van der Waals surface area contributed by atoms with Crippen molar-refractivity contribution in [3.8, 4) is 5.75 Å². The molecule has 0 spiro atoms. The largest absolute Gasteiger partial charge is 0.493 e. The Balaban J connectivity index is 1.50. The van der Waals surface area contributed by atoms with Crippen molar-refractivity contribution in [2.75, 3.05) is 6.61 Å². The van der Waals surface area contributed by atoms with Crippen molar-refractivity contribution in [3.05, 3.63) is 65.2 Å². The van der Waals surface area contributed by atoms with Crippen LogP contribution in [-0.4, -0.2) is 12.5 Å². The third-order valence-electron chi connectivity index (χ3n) is 4.29. The Hall–Kier alpha value is -2.29. The minimum absolute atomic E-state index is 0.0550. The lowest BCUT2D eigenvalue weighted by Crippen LogP contribution is -2.31. The minimum atomic E-state index is 0.0550. The number of nitrogens with one attached hydrogen (secondary N) is 1. The van der Waals surface area contributed by atoms with E-state index >= 15 is 0 Å². The number of ether oxygens (including phenoxy) is 1. The van der Waals surface area contributed by atoms with Crippen LogP contribution in [0.25, 0.3) is 0 Å². The van der Waals surface area contributed by atoms with E-state index in [0.29, 0.717) is 13.0 Å². The molecule has 2 aromatic rings. The summed E-state index contributed by atoms with van der Waals surface area (Å²) in [6, 6.07) is 16.4. The molecule has 1 amide bonds. The van der Waals surface area contributed by atoms with E-state index < -0.39 is 0 Å². The van der Waals surface area contributed by atoms with Crippen molar-refractivity contribution in [3.63, 3.8) is 0 Å². The molecular formula is C20H23NO2. The van der Waals surface area contributed by atoms with Crippen LogP contribution in [-0.2, 0) is 11.2 Å². The minimum Gasteiger partial charge on any atom is -0.493 e. The van der Waals surface area contributed by atoms with E-state index in [1.54, 1.807) is 0 Å². The van der Waals surface area contributed by atoms with Crippen LogP contribution in [0, 0.1) is 6.92 Å². The van der Waals surface area contributed by atoms with Crippen molar-refractivity contribution >= 4 is 5.91 Å². The molecule has 3 heteroatoms. The Morgan fingerprint density at radius 1 is 1.22 bits per heavy atom. The van der Waals surface area contributed by atoms with Crippen molar-refractivity contribution in [2.45, 2.75) is 38.6 Å². The molecule has 0 fully saturated rings. The monoisotopic (exact) mass is 309 g/mol. The first-order chi connectivity index (χ1) is 11.2. The highest BCUT2D eigenvalue weighted by Gasteiger charge is 2.21. The molecule has 0 aliphatic heterocycles. The first-order valence-electron chi connectivity index (χ1n) is 8.29.